The van der Waals surface area contributed by atoms with E-state index in [-0.39, 0.29) is 5.56 Å². The highest BCUT2D eigenvalue weighted by molar-refractivity contribution is 6.31. The summed E-state index contributed by atoms with van der Waals surface area (Å²) in [5, 5.41) is 5.76. The molecule has 2 heterocycles. The van der Waals surface area contributed by atoms with Crippen LogP contribution in [0.25, 0.3) is 27.5 Å². The molecule has 0 fully saturated rings. The molecule has 5 rings (SSSR count). The second-order valence-electron chi connectivity index (χ2n) is 7.59. The molecular formula is C25H21ClN4O2. The molecule has 5 aromatic rings. The van der Waals surface area contributed by atoms with Gasteiger partial charge in [0, 0.05) is 22.8 Å². The summed E-state index contributed by atoms with van der Waals surface area (Å²) in [6.07, 6.45) is 0. The van der Waals surface area contributed by atoms with Crippen molar-refractivity contribution in [1.82, 2.24) is 14.3 Å². The van der Waals surface area contributed by atoms with Gasteiger partial charge >= 0.3 is 0 Å². The molecule has 0 spiro atoms. The highest BCUT2D eigenvalue weighted by atomic mass is 35.5. The molecule has 7 heteroatoms. The number of nitrogens with zero attached hydrogens (tertiary/aromatic N) is 3. The first kappa shape index (κ1) is 20.2. The second-order valence-corrected chi connectivity index (χ2v) is 8.03. The predicted octanol–water partition coefficient (Wildman–Crippen LogP) is 5.59. The van der Waals surface area contributed by atoms with Gasteiger partial charge in [-0.2, -0.15) is 0 Å². The van der Waals surface area contributed by atoms with Crippen LogP contribution >= 0.6 is 11.6 Å². The lowest BCUT2D eigenvalue weighted by Crippen LogP contribution is -2.20. The molecule has 0 amide bonds. The van der Waals surface area contributed by atoms with Gasteiger partial charge in [0.2, 0.25) is 0 Å². The standard InChI is InChI=1S/C25H21ClN4O2/c1-15-23(25(31)30(29(15)2)17-7-5-4-6-8-17)28-24-19-11-9-16(26)13-22(19)27-21-12-10-18(32-3)14-20(21)24/h4-14H,1-3H3,(H,27,28). The Balaban J connectivity index is 1.78. The number of pyridine rings is 1. The maximum atomic E-state index is 13.5. The molecule has 3 aromatic carbocycles. The van der Waals surface area contributed by atoms with Crippen molar-refractivity contribution < 1.29 is 4.74 Å². The number of fused-ring (bicyclic) bond motifs is 2. The lowest BCUT2D eigenvalue weighted by molar-refractivity contribution is 0.415. The fraction of sp³-hybridized carbons (Fsp3) is 0.120. The Hall–Kier alpha value is -3.77. The van der Waals surface area contributed by atoms with E-state index >= 15 is 0 Å². The molecule has 160 valence electrons. The zero-order valence-corrected chi connectivity index (χ0v) is 18.6. The van der Waals surface area contributed by atoms with Crippen molar-refractivity contribution in [2.24, 2.45) is 7.05 Å². The molecule has 0 aliphatic carbocycles. The maximum Gasteiger partial charge on any atom is 0.295 e. The fourth-order valence-corrected chi connectivity index (χ4v) is 4.16. The monoisotopic (exact) mass is 444 g/mol. The van der Waals surface area contributed by atoms with Gasteiger partial charge < -0.3 is 10.1 Å². The summed E-state index contributed by atoms with van der Waals surface area (Å²) in [5.41, 5.74) is 4.29. The van der Waals surface area contributed by atoms with E-state index in [9.17, 15) is 4.79 Å². The summed E-state index contributed by atoms with van der Waals surface area (Å²) >= 11 is 6.24. The van der Waals surface area contributed by atoms with Crippen molar-refractivity contribution in [3.63, 3.8) is 0 Å². The van der Waals surface area contributed by atoms with Gasteiger partial charge in [-0.1, -0.05) is 29.8 Å². The Morgan fingerprint density at radius 1 is 0.938 bits per heavy atom. The largest absolute Gasteiger partial charge is 0.497 e. The van der Waals surface area contributed by atoms with Crippen LogP contribution in [0.5, 0.6) is 5.75 Å². The zero-order chi connectivity index (χ0) is 22.4. The van der Waals surface area contributed by atoms with Crippen molar-refractivity contribution >= 4 is 44.8 Å². The number of halogens is 1. The lowest BCUT2D eigenvalue weighted by atomic mass is 10.1. The average Bonchev–Trinajstić information content (AvgIpc) is 3.01. The Morgan fingerprint density at radius 3 is 2.47 bits per heavy atom. The molecule has 0 bridgehead atoms. The van der Waals surface area contributed by atoms with Crippen LogP contribution in [-0.2, 0) is 7.05 Å². The fourth-order valence-electron chi connectivity index (χ4n) is 4.00. The van der Waals surface area contributed by atoms with Crippen LogP contribution < -0.4 is 15.6 Å². The minimum atomic E-state index is -0.133. The van der Waals surface area contributed by atoms with E-state index in [1.807, 2.05) is 85.4 Å². The first-order valence-corrected chi connectivity index (χ1v) is 10.5. The van der Waals surface area contributed by atoms with E-state index in [0.29, 0.717) is 16.5 Å². The van der Waals surface area contributed by atoms with Crippen molar-refractivity contribution in [2.75, 3.05) is 12.4 Å². The topological polar surface area (TPSA) is 61.1 Å². The average molecular weight is 445 g/mol. The third-order valence-electron chi connectivity index (χ3n) is 5.75. The third kappa shape index (κ3) is 3.20. The van der Waals surface area contributed by atoms with Gasteiger partial charge in [0.25, 0.3) is 5.56 Å². The summed E-state index contributed by atoms with van der Waals surface area (Å²) in [6.45, 7) is 1.92. The first-order valence-electron chi connectivity index (χ1n) is 10.2. The first-order chi connectivity index (χ1) is 15.5. The lowest BCUT2D eigenvalue weighted by Gasteiger charge is -2.13. The molecule has 0 unspecified atom stereocenters. The second kappa shape index (κ2) is 7.73. The van der Waals surface area contributed by atoms with Crippen LogP contribution in [0, 0.1) is 6.92 Å². The predicted molar refractivity (Wildman–Crippen MR) is 130 cm³/mol. The highest BCUT2D eigenvalue weighted by Crippen LogP contribution is 2.36. The van der Waals surface area contributed by atoms with Crippen molar-refractivity contribution in [1.29, 1.82) is 0 Å². The van der Waals surface area contributed by atoms with Gasteiger partial charge in [-0.05, 0) is 55.5 Å². The van der Waals surface area contributed by atoms with Crippen LogP contribution in [0.3, 0.4) is 0 Å². The van der Waals surface area contributed by atoms with E-state index < -0.39 is 0 Å². The van der Waals surface area contributed by atoms with Gasteiger partial charge in [-0.3, -0.25) is 9.48 Å². The van der Waals surface area contributed by atoms with E-state index in [1.54, 1.807) is 11.8 Å². The highest BCUT2D eigenvalue weighted by Gasteiger charge is 2.19. The Labute approximate surface area is 189 Å². The quantitative estimate of drug-likeness (QED) is 0.367. The molecule has 0 saturated heterocycles. The number of anilines is 2. The zero-order valence-electron chi connectivity index (χ0n) is 17.9. The van der Waals surface area contributed by atoms with Crippen molar-refractivity contribution in [3.05, 3.63) is 87.8 Å². The minimum Gasteiger partial charge on any atom is -0.497 e. The van der Waals surface area contributed by atoms with E-state index in [1.165, 1.54) is 0 Å². The number of methoxy groups -OCH3 is 1. The molecule has 0 atom stereocenters. The van der Waals surface area contributed by atoms with Crippen LogP contribution in [0.15, 0.2) is 71.5 Å². The van der Waals surface area contributed by atoms with Crippen molar-refractivity contribution in [3.8, 4) is 11.4 Å². The summed E-state index contributed by atoms with van der Waals surface area (Å²) in [7, 11) is 3.50. The van der Waals surface area contributed by atoms with E-state index in [0.717, 1.165) is 38.9 Å². The molecule has 1 N–H and O–H groups in total. The number of ether oxygens (including phenoxy) is 1. The van der Waals surface area contributed by atoms with Gasteiger partial charge in [-0.15, -0.1) is 0 Å². The molecule has 0 radical (unpaired) electrons. The molecule has 0 saturated carbocycles. The van der Waals surface area contributed by atoms with Gasteiger partial charge in [-0.25, -0.2) is 9.67 Å². The normalized spacial score (nSPS) is 11.2. The Morgan fingerprint density at radius 2 is 1.72 bits per heavy atom. The third-order valence-corrected chi connectivity index (χ3v) is 5.98. The van der Waals surface area contributed by atoms with Gasteiger partial charge in [0.15, 0.2) is 0 Å². The van der Waals surface area contributed by atoms with Crippen LogP contribution in [0.2, 0.25) is 5.02 Å². The molecule has 0 aliphatic rings. The van der Waals surface area contributed by atoms with Gasteiger partial charge in [0.05, 0.1) is 35.2 Å². The smallest absolute Gasteiger partial charge is 0.295 e. The van der Waals surface area contributed by atoms with Gasteiger partial charge in [0.1, 0.15) is 11.4 Å². The van der Waals surface area contributed by atoms with Crippen LogP contribution in [0.4, 0.5) is 11.4 Å². The summed E-state index contributed by atoms with van der Waals surface area (Å²) in [4.78, 5) is 18.2. The number of benzene rings is 3. The molecular weight excluding hydrogens is 424 g/mol. The summed E-state index contributed by atoms with van der Waals surface area (Å²) in [5.74, 6) is 0.710. The van der Waals surface area contributed by atoms with Crippen LogP contribution in [-0.4, -0.2) is 21.5 Å². The molecule has 32 heavy (non-hydrogen) atoms. The molecule has 0 aliphatic heterocycles. The van der Waals surface area contributed by atoms with E-state index in [2.05, 4.69) is 5.32 Å². The number of nitrogens with one attached hydrogen (secondary N) is 1. The number of hydrogen-bond acceptors (Lipinski definition) is 4. The summed E-state index contributed by atoms with van der Waals surface area (Å²) in [6, 6.07) is 20.8. The molecule has 6 nitrogen and oxygen atoms in total. The van der Waals surface area contributed by atoms with Crippen LogP contribution in [0.1, 0.15) is 5.69 Å². The van der Waals surface area contributed by atoms with E-state index in [4.69, 9.17) is 21.3 Å². The van der Waals surface area contributed by atoms with Crippen molar-refractivity contribution in [2.45, 2.75) is 6.92 Å². The minimum absolute atomic E-state index is 0.133. The SMILES string of the molecule is COc1ccc2nc3cc(Cl)ccc3c(Nc3c(C)n(C)n(-c4ccccc4)c3=O)c2c1. The summed E-state index contributed by atoms with van der Waals surface area (Å²) < 4.78 is 8.94. The maximum absolute atomic E-state index is 13.5. The molecule has 2 aromatic heterocycles. The number of para-hydroxylation sites is 1. The Bertz CT molecular complexity index is 1540. The number of hydrogen-bond donors (Lipinski definition) is 1. The Kier molecular flexibility index (Phi) is 4.87. The number of aromatic nitrogens is 3. The number of rotatable bonds is 4.